The third-order valence-electron chi connectivity index (χ3n) is 2.47. The average Bonchev–Trinajstić information content (AvgIpc) is 2.58. The first-order valence-electron chi connectivity index (χ1n) is 5.04. The minimum atomic E-state index is -0.517. The molecule has 96 valence electrons. The van der Waals surface area contributed by atoms with E-state index in [4.69, 9.17) is 0 Å². The van der Waals surface area contributed by atoms with Gasteiger partial charge < -0.3 is 16.3 Å². The fourth-order valence-electron chi connectivity index (χ4n) is 1.62. The van der Waals surface area contributed by atoms with E-state index in [0.29, 0.717) is 12.4 Å². The molecule has 0 aliphatic carbocycles. The Morgan fingerprint density at radius 2 is 2.00 bits per heavy atom. The van der Waals surface area contributed by atoms with Crippen LogP contribution in [0.25, 0.3) is 0 Å². The average molecular weight is 266 g/mol. The second kappa shape index (κ2) is 5.65. The number of hydrogen-bond donors (Lipinski definition) is 2. The zero-order valence-electron chi connectivity index (χ0n) is 9.91. The molecule has 2 aromatic rings. The van der Waals surface area contributed by atoms with Crippen LogP contribution in [-0.2, 0) is 6.54 Å². The van der Waals surface area contributed by atoms with Crippen molar-refractivity contribution in [3.05, 3.63) is 51.8 Å². The van der Waals surface area contributed by atoms with Crippen LogP contribution in [0.15, 0.2) is 35.4 Å². The Labute approximate surface area is 110 Å². The van der Waals surface area contributed by atoms with E-state index in [2.05, 4.69) is 17.6 Å². The predicted molar refractivity (Wildman–Crippen MR) is 71.4 cm³/mol. The van der Waals surface area contributed by atoms with E-state index in [1.807, 2.05) is 30.3 Å². The maximum absolute atomic E-state index is 10.7. The van der Waals surface area contributed by atoms with Crippen molar-refractivity contribution in [2.75, 3.05) is 0 Å². The lowest BCUT2D eigenvalue weighted by Crippen LogP contribution is -2.02. The lowest BCUT2D eigenvalue weighted by Gasteiger charge is -2.04. The molecule has 0 bridgehead atoms. The van der Waals surface area contributed by atoms with Crippen LogP contribution >= 0.6 is 12.6 Å². The van der Waals surface area contributed by atoms with Gasteiger partial charge in [-0.15, -0.1) is 12.6 Å². The Morgan fingerprint density at radius 1 is 1.39 bits per heavy atom. The first-order chi connectivity index (χ1) is 8.09. The standard InChI is InChI=1S/C11H11N3O2S.H3N/c1-8-12-10(14(15)16)11(17)13(8)7-9-5-3-2-4-6-9;/h2-6,17H,7H2,1H3;1H3. The zero-order chi connectivity index (χ0) is 12.4. The molecule has 0 radical (unpaired) electrons. The Bertz CT molecular complexity index is 554. The molecule has 0 atom stereocenters. The number of nitrogens with zero attached hydrogens (tertiary/aromatic N) is 3. The number of benzene rings is 1. The van der Waals surface area contributed by atoms with Gasteiger partial charge in [-0.05, 0) is 15.5 Å². The molecular weight excluding hydrogens is 252 g/mol. The summed E-state index contributed by atoms with van der Waals surface area (Å²) in [6, 6.07) is 9.69. The van der Waals surface area contributed by atoms with E-state index >= 15 is 0 Å². The summed E-state index contributed by atoms with van der Waals surface area (Å²) in [5.74, 6) is 0.396. The van der Waals surface area contributed by atoms with E-state index in [9.17, 15) is 10.1 Å². The molecule has 1 heterocycles. The molecule has 0 unspecified atom stereocenters. The van der Waals surface area contributed by atoms with Crippen LogP contribution in [0.3, 0.4) is 0 Å². The zero-order valence-corrected chi connectivity index (χ0v) is 10.8. The smallest absolute Gasteiger partial charge is 0.358 e. The van der Waals surface area contributed by atoms with E-state index in [1.165, 1.54) is 0 Å². The summed E-state index contributed by atoms with van der Waals surface area (Å²) in [5, 5.41) is 11.0. The van der Waals surface area contributed by atoms with Crippen LogP contribution in [-0.4, -0.2) is 14.5 Å². The van der Waals surface area contributed by atoms with Gasteiger partial charge in [0.05, 0.1) is 6.54 Å². The summed E-state index contributed by atoms with van der Waals surface area (Å²) in [6.07, 6.45) is 0. The van der Waals surface area contributed by atoms with Crippen molar-refractivity contribution in [2.45, 2.75) is 18.5 Å². The highest BCUT2D eigenvalue weighted by Crippen LogP contribution is 2.23. The Hall–Kier alpha value is -1.86. The summed E-state index contributed by atoms with van der Waals surface area (Å²) in [7, 11) is 0. The Morgan fingerprint density at radius 3 is 2.50 bits per heavy atom. The summed E-state index contributed by atoms with van der Waals surface area (Å²) >= 11 is 4.16. The summed E-state index contributed by atoms with van der Waals surface area (Å²) in [4.78, 5) is 14.1. The molecule has 2 rings (SSSR count). The van der Waals surface area contributed by atoms with E-state index in [0.717, 1.165) is 5.56 Å². The maximum atomic E-state index is 10.7. The minimum absolute atomic E-state index is 0. The second-order valence-electron chi connectivity index (χ2n) is 3.64. The third kappa shape index (κ3) is 2.69. The monoisotopic (exact) mass is 266 g/mol. The highest BCUT2D eigenvalue weighted by atomic mass is 32.1. The van der Waals surface area contributed by atoms with Crippen LogP contribution in [0.1, 0.15) is 11.4 Å². The highest BCUT2D eigenvalue weighted by molar-refractivity contribution is 7.80. The molecule has 0 saturated heterocycles. The van der Waals surface area contributed by atoms with Gasteiger partial charge in [-0.3, -0.25) is 4.57 Å². The van der Waals surface area contributed by atoms with Crippen LogP contribution in [0, 0.1) is 17.0 Å². The summed E-state index contributed by atoms with van der Waals surface area (Å²) in [5.41, 5.74) is 1.05. The molecule has 1 aromatic carbocycles. The van der Waals surface area contributed by atoms with Crippen molar-refractivity contribution in [3.63, 3.8) is 0 Å². The number of aromatic nitrogens is 2. The third-order valence-corrected chi connectivity index (χ3v) is 2.91. The number of hydrogen-bond acceptors (Lipinski definition) is 5. The topological polar surface area (TPSA) is 96.0 Å². The van der Waals surface area contributed by atoms with E-state index in [-0.39, 0.29) is 17.0 Å². The minimum Gasteiger partial charge on any atom is -0.358 e. The first-order valence-corrected chi connectivity index (χ1v) is 5.48. The van der Waals surface area contributed by atoms with Crippen LogP contribution in [0.2, 0.25) is 0 Å². The van der Waals surface area contributed by atoms with Gasteiger partial charge >= 0.3 is 5.82 Å². The van der Waals surface area contributed by atoms with Gasteiger partial charge in [0.2, 0.25) is 5.82 Å². The quantitative estimate of drug-likeness (QED) is 0.507. The van der Waals surface area contributed by atoms with E-state index < -0.39 is 4.92 Å². The van der Waals surface area contributed by atoms with Crippen LogP contribution in [0.4, 0.5) is 5.82 Å². The number of aryl methyl sites for hydroxylation is 1. The molecule has 0 spiro atoms. The molecule has 7 heteroatoms. The van der Waals surface area contributed by atoms with Crippen molar-refractivity contribution in [1.29, 1.82) is 0 Å². The van der Waals surface area contributed by atoms with Gasteiger partial charge in [-0.1, -0.05) is 30.3 Å². The summed E-state index contributed by atoms with van der Waals surface area (Å²) < 4.78 is 1.72. The van der Waals surface area contributed by atoms with Gasteiger partial charge in [-0.25, -0.2) is 0 Å². The fraction of sp³-hybridized carbons (Fsp3) is 0.182. The largest absolute Gasteiger partial charge is 0.395 e. The molecule has 3 N–H and O–H groups in total. The van der Waals surface area contributed by atoms with Crippen LogP contribution < -0.4 is 6.15 Å². The van der Waals surface area contributed by atoms with Crippen molar-refractivity contribution < 1.29 is 4.92 Å². The molecule has 0 fully saturated rings. The molecule has 0 amide bonds. The van der Waals surface area contributed by atoms with Gasteiger partial charge in [0, 0.05) is 6.92 Å². The first kappa shape index (κ1) is 14.2. The van der Waals surface area contributed by atoms with Crippen molar-refractivity contribution in [3.8, 4) is 0 Å². The maximum Gasteiger partial charge on any atom is 0.395 e. The number of rotatable bonds is 3. The second-order valence-corrected chi connectivity index (χ2v) is 4.06. The van der Waals surface area contributed by atoms with Crippen molar-refractivity contribution in [2.24, 2.45) is 0 Å². The van der Waals surface area contributed by atoms with Crippen molar-refractivity contribution >= 4 is 18.4 Å². The fourth-order valence-corrected chi connectivity index (χ4v) is 1.96. The Balaban J connectivity index is 0.00000162. The molecule has 6 nitrogen and oxygen atoms in total. The van der Waals surface area contributed by atoms with Gasteiger partial charge in [0.1, 0.15) is 0 Å². The van der Waals surface area contributed by atoms with Crippen LogP contribution in [0.5, 0.6) is 0 Å². The molecule has 0 aliphatic rings. The molecule has 0 aliphatic heterocycles. The predicted octanol–water partition coefficient (Wildman–Crippen LogP) is 2.60. The molecular formula is C11H14N4O2S. The van der Waals surface area contributed by atoms with Gasteiger partial charge in [0.25, 0.3) is 0 Å². The van der Waals surface area contributed by atoms with E-state index in [1.54, 1.807) is 11.5 Å². The number of nitro groups is 1. The van der Waals surface area contributed by atoms with Gasteiger partial charge in [0.15, 0.2) is 5.03 Å². The normalized spacial score (nSPS) is 9.89. The highest BCUT2D eigenvalue weighted by Gasteiger charge is 2.22. The molecule has 18 heavy (non-hydrogen) atoms. The number of imidazole rings is 1. The van der Waals surface area contributed by atoms with Crippen molar-refractivity contribution in [1.82, 2.24) is 15.7 Å². The Kier molecular flexibility index (Phi) is 4.46. The summed E-state index contributed by atoms with van der Waals surface area (Å²) in [6.45, 7) is 2.27. The molecule has 0 saturated carbocycles. The lowest BCUT2D eigenvalue weighted by molar-refractivity contribution is -0.392. The SMILES string of the molecule is Cc1nc([N+](=O)[O-])c(S)n1Cc1ccccc1.N. The molecule has 1 aromatic heterocycles. The number of thiol groups is 1. The van der Waals surface area contributed by atoms with Gasteiger partial charge in [-0.2, -0.15) is 0 Å². The lowest BCUT2D eigenvalue weighted by atomic mass is 10.2.